The second kappa shape index (κ2) is 6.01. The van der Waals surface area contributed by atoms with Crippen LogP contribution in [0, 0.1) is 17.0 Å². The van der Waals surface area contributed by atoms with Crippen LogP contribution in [0.3, 0.4) is 0 Å². The quantitative estimate of drug-likeness (QED) is 0.620. The van der Waals surface area contributed by atoms with E-state index in [9.17, 15) is 10.1 Å². The molecule has 6 nitrogen and oxygen atoms in total. The van der Waals surface area contributed by atoms with Gasteiger partial charge in [-0.05, 0) is 12.5 Å². The van der Waals surface area contributed by atoms with E-state index < -0.39 is 4.92 Å². The average Bonchev–Trinajstić information content (AvgIpc) is 2.77. The van der Waals surface area contributed by atoms with E-state index in [4.69, 9.17) is 4.74 Å². The zero-order valence-corrected chi connectivity index (χ0v) is 11.3. The first-order valence-corrected chi connectivity index (χ1v) is 6.11. The highest BCUT2D eigenvalue weighted by molar-refractivity contribution is 5.49. The summed E-state index contributed by atoms with van der Waals surface area (Å²) < 4.78 is 6.49. The molecule has 0 fully saturated rings. The van der Waals surface area contributed by atoms with Crippen molar-refractivity contribution in [1.29, 1.82) is 0 Å². The van der Waals surface area contributed by atoms with Gasteiger partial charge in [0.1, 0.15) is 5.69 Å². The van der Waals surface area contributed by atoms with Gasteiger partial charge in [0, 0.05) is 0 Å². The van der Waals surface area contributed by atoms with E-state index >= 15 is 0 Å². The molecule has 2 aromatic rings. The summed E-state index contributed by atoms with van der Waals surface area (Å²) in [5, 5.41) is 15.0. The normalized spacial score (nSPS) is 10.9. The van der Waals surface area contributed by atoms with Crippen molar-refractivity contribution >= 4 is 11.8 Å². The largest absolute Gasteiger partial charge is 0.475 e. The molecule has 0 saturated carbocycles. The number of aromatic nitrogens is 2. The topological polar surface area (TPSA) is 70.2 Å². The van der Waals surface area contributed by atoms with E-state index in [-0.39, 0.29) is 11.6 Å². The van der Waals surface area contributed by atoms with Gasteiger partial charge in [0.2, 0.25) is 0 Å². The third-order valence-electron chi connectivity index (χ3n) is 2.91. The first-order chi connectivity index (χ1) is 9.63. The Kier molecular flexibility index (Phi) is 4.14. The second-order valence-corrected chi connectivity index (χ2v) is 4.20. The molecule has 1 aromatic heterocycles. The highest BCUT2D eigenvalue weighted by Gasteiger charge is 2.25. The standard InChI is InChI=1S/C14H15N3O3/c1-11-13(17(18)19)14(20-2)15-16(11)10-6-9-12-7-4-3-5-8-12/h3-9H,10H2,1-2H3/b9-6+. The van der Waals surface area contributed by atoms with E-state index in [0.717, 1.165) is 5.56 Å². The summed E-state index contributed by atoms with van der Waals surface area (Å²) in [5.74, 6) is 0.0422. The van der Waals surface area contributed by atoms with Crippen molar-refractivity contribution in [2.45, 2.75) is 13.5 Å². The SMILES string of the molecule is COc1nn(C/C=C/c2ccccc2)c(C)c1[N+](=O)[O-]. The molecule has 0 aliphatic rings. The third kappa shape index (κ3) is 2.85. The number of methoxy groups -OCH3 is 1. The van der Waals surface area contributed by atoms with Crippen molar-refractivity contribution in [1.82, 2.24) is 9.78 Å². The van der Waals surface area contributed by atoms with Gasteiger partial charge >= 0.3 is 11.6 Å². The molecular formula is C14H15N3O3. The van der Waals surface area contributed by atoms with Gasteiger partial charge in [-0.3, -0.25) is 14.8 Å². The van der Waals surface area contributed by atoms with Gasteiger partial charge in [-0.15, -0.1) is 5.10 Å². The van der Waals surface area contributed by atoms with E-state index in [0.29, 0.717) is 12.2 Å². The average molecular weight is 273 g/mol. The maximum absolute atomic E-state index is 11.0. The molecule has 0 saturated heterocycles. The summed E-state index contributed by atoms with van der Waals surface area (Å²) >= 11 is 0. The van der Waals surface area contributed by atoms with Gasteiger partial charge in [0.15, 0.2) is 0 Å². The van der Waals surface area contributed by atoms with Crippen LogP contribution in [0.15, 0.2) is 36.4 Å². The molecule has 0 atom stereocenters. The maximum Gasteiger partial charge on any atom is 0.352 e. The second-order valence-electron chi connectivity index (χ2n) is 4.20. The highest BCUT2D eigenvalue weighted by atomic mass is 16.6. The van der Waals surface area contributed by atoms with E-state index in [1.165, 1.54) is 7.11 Å². The van der Waals surface area contributed by atoms with Crippen molar-refractivity contribution in [3.05, 3.63) is 57.8 Å². The highest BCUT2D eigenvalue weighted by Crippen LogP contribution is 2.29. The molecule has 0 radical (unpaired) electrons. The fraction of sp³-hybridized carbons (Fsp3) is 0.214. The Labute approximate surface area is 116 Å². The Bertz CT molecular complexity index is 633. The lowest BCUT2D eigenvalue weighted by molar-refractivity contribution is -0.386. The Morgan fingerprint density at radius 3 is 2.65 bits per heavy atom. The lowest BCUT2D eigenvalue weighted by Crippen LogP contribution is -2.00. The van der Waals surface area contributed by atoms with Crippen LogP contribution >= 0.6 is 0 Å². The zero-order valence-electron chi connectivity index (χ0n) is 11.3. The van der Waals surface area contributed by atoms with Crippen molar-refractivity contribution < 1.29 is 9.66 Å². The van der Waals surface area contributed by atoms with Crippen molar-refractivity contribution in [2.24, 2.45) is 0 Å². The Hall–Kier alpha value is -2.63. The Morgan fingerprint density at radius 2 is 2.10 bits per heavy atom. The number of nitro groups is 1. The Balaban J connectivity index is 2.18. The minimum atomic E-state index is -0.474. The molecule has 0 N–H and O–H groups in total. The Morgan fingerprint density at radius 1 is 1.40 bits per heavy atom. The van der Waals surface area contributed by atoms with Gasteiger partial charge in [-0.25, -0.2) is 0 Å². The summed E-state index contributed by atoms with van der Waals surface area (Å²) in [6.07, 6.45) is 3.85. The molecule has 0 bridgehead atoms. The van der Waals surface area contributed by atoms with Gasteiger partial charge < -0.3 is 4.74 Å². The lowest BCUT2D eigenvalue weighted by Gasteiger charge is -1.98. The summed E-state index contributed by atoms with van der Waals surface area (Å²) in [6, 6.07) is 9.81. The van der Waals surface area contributed by atoms with Gasteiger partial charge in [-0.2, -0.15) is 0 Å². The van der Waals surface area contributed by atoms with Gasteiger partial charge in [-0.1, -0.05) is 42.5 Å². The minimum Gasteiger partial charge on any atom is -0.475 e. The fourth-order valence-electron chi connectivity index (χ4n) is 1.89. The van der Waals surface area contributed by atoms with E-state index in [1.54, 1.807) is 11.6 Å². The fourth-order valence-corrected chi connectivity index (χ4v) is 1.89. The number of allylic oxidation sites excluding steroid dienone is 1. The van der Waals surface area contributed by atoms with Gasteiger partial charge in [0.25, 0.3) is 0 Å². The number of ether oxygens (including phenoxy) is 1. The smallest absolute Gasteiger partial charge is 0.352 e. The van der Waals surface area contributed by atoms with Crippen LogP contribution < -0.4 is 4.74 Å². The first kappa shape index (κ1) is 13.8. The molecule has 0 spiro atoms. The molecule has 0 aliphatic carbocycles. The van der Waals surface area contributed by atoms with Crippen molar-refractivity contribution in [2.75, 3.05) is 7.11 Å². The predicted molar refractivity (Wildman–Crippen MR) is 75.6 cm³/mol. The predicted octanol–water partition coefficient (Wildman–Crippen LogP) is 2.82. The molecule has 1 heterocycles. The van der Waals surface area contributed by atoms with Crippen LogP contribution in [0.1, 0.15) is 11.3 Å². The summed E-state index contributed by atoms with van der Waals surface area (Å²) in [7, 11) is 1.37. The zero-order chi connectivity index (χ0) is 14.5. The first-order valence-electron chi connectivity index (χ1n) is 6.11. The third-order valence-corrected chi connectivity index (χ3v) is 2.91. The molecule has 104 valence electrons. The summed E-state index contributed by atoms with van der Waals surface area (Å²) in [5.41, 5.74) is 1.46. The van der Waals surface area contributed by atoms with Crippen LogP contribution in [0.2, 0.25) is 0 Å². The molecule has 1 aromatic carbocycles. The molecule has 20 heavy (non-hydrogen) atoms. The molecule has 6 heteroatoms. The number of nitrogens with zero attached hydrogens (tertiary/aromatic N) is 3. The summed E-state index contributed by atoms with van der Waals surface area (Å²) in [4.78, 5) is 10.5. The molecule has 0 aliphatic heterocycles. The summed E-state index contributed by atoms with van der Waals surface area (Å²) in [6.45, 7) is 2.11. The maximum atomic E-state index is 11.0. The monoisotopic (exact) mass is 273 g/mol. The molecular weight excluding hydrogens is 258 g/mol. The van der Waals surface area contributed by atoms with Crippen LogP contribution in [0.5, 0.6) is 5.88 Å². The van der Waals surface area contributed by atoms with Crippen molar-refractivity contribution in [3.63, 3.8) is 0 Å². The van der Waals surface area contributed by atoms with Crippen molar-refractivity contribution in [3.8, 4) is 5.88 Å². The number of hydrogen-bond acceptors (Lipinski definition) is 4. The number of hydrogen-bond donors (Lipinski definition) is 0. The number of rotatable bonds is 5. The lowest BCUT2D eigenvalue weighted by atomic mass is 10.2. The van der Waals surface area contributed by atoms with E-state index in [2.05, 4.69) is 5.10 Å². The number of benzene rings is 1. The van der Waals surface area contributed by atoms with Crippen LogP contribution in [-0.4, -0.2) is 21.8 Å². The van der Waals surface area contributed by atoms with Crippen LogP contribution in [0.25, 0.3) is 6.08 Å². The van der Waals surface area contributed by atoms with Gasteiger partial charge in [0.05, 0.1) is 18.6 Å². The minimum absolute atomic E-state index is 0.0422. The molecule has 0 unspecified atom stereocenters. The molecule has 2 rings (SSSR count). The van der Waals surface area contributed by atoms with E-state index in [1.807, 2.05) is 42.5 Å². The molecule has 0 amide bonds. The van der Waals surface area contributed by atoms with Crippen LogP contribution in [-0.2, 0) is 6.54 Å². The van der Waals surface area contributed by atoms with Crippen LogP contribution in [0.4, 0.5) is 5.69 Å².